The number of rotatable bonds is 4. The first kappa shape index (κ1) is 22.7. The van der Waals surface area contributed by atoms with Gasteiger partial charge >= 0.3 is 0 Å². The van der Waals surface area contributed by atoms with E-state index in [2.05, 4.69) is 34.1 Å². The van der Waals surface area contributed by atoms with Crippen LogP contribution in [0.25, 0.3) is 17.0 Å². The maximum atomic E-state index is 12.9. The molecule has 36 heavy (non-hydrogen) atoms. The van der Waals surface area contributed by atoms with E-state index in [1.807, 2.05) is 46.7 Å². The van der Waals surface area contributed by atoms with Crippen LogP contribution in [0.5, 0.6) is 0 Å². The minimum atomic E-state index is 0.0817. The van der Waals surface area contributed by atoms with Gasteiger partial charge in [-0.25, -0.2) is 4.98 Å². The molecule has 1 amide bonds. The number of hydrogen-bond donors (Lipinski definition) is 0. The smallest absolute Gasteiger partial charge is 0.254 e. The maximum absolute atomic E-state index is 12.9. The van der Waals surface area contributed by atoms with Crippen molar-refractivity contribution in [3.63, 3.8) is 0 Å². The molecule has 1 saturated heterocycles. The van der Waals surface area contributed by atoms with E-state index in [-0.39, 0.29) is 5.91 Å². The van der Waals surface area contributed by atoms with Crippen molar-refractivity contribution in [1.82, 2.24) is 24.5 Å². The highest BCUT2D eigenvalue weighted by atomic mass is 16.2. The molecule has 2 aliphatic rings. The molecule has 0 atom stereocenters. The molecule has 4 aromatic rings. The number of benzene rings is 2. The predicted octanol–water partition coefficient (Wildman–Crippen LogP) is 5.11. The molecule has 0 bridgehead atoms. The van der Waals surface area contributed by atoms with Crippen LogP contribution < -0.4 is 4.90 Å². The molecule has 2 aromatic carbocycles. The van der Waals surface area contributed by atoms with Crippen molar-refractivity contribution in [2.24, 2.45) is 0 Å². The van der Waals surface area contributed by atoms with E-state index in [9.17, 15) is 4.79 Å². The van der Waals surface area contributed by atoms with E-state index < -0.39 is 0 Å². The van der Waals surface area contributed by atoms with Crippen molar-refractivity contribution in [3.8, 4) is 11.3 Å². The first-order valence-corrected chi connectivity index (χ1v) is 13.1. The van der Waals surface area contributed by atoms with E-state index in [0.29, 0.717) is 43.8 Å². The predicted molar refractivity (Wildman–Crippen MR) is 141 cm³/mol. The number of anilines is 1. The Kier molecular flexibility index (Phi) is 6.13. The Balaban J connectivity index is 1.18. The van der Waals surface area contributed by atoms with E-state index >= 15 is 0 Å². The molecule has 184 valence electrons. The van der Waals surface area contributed by atoms with E-state index in [1.165, 1.54) is 37.7 Å². The van der Waals surface area contributed by atoms with Gasteiger partial charge in [-0.15, -0.1) is 5.10 Å². The molecule has 3 heterocycles. The van der Waals surface area contributed by atoms with Crippen LogP contribution in [0, 0.1) is 6.92 Å². The molecule has 0 N–H and O–H groups in total. The third kappa shape index (κ3) is 4.45. The van der Waals surface area contributed by atoms with Crippen LogP contribution in [-0.4, -0.2) is 56.6 Å². The molecule has 7 nitrogen and oxygen atoms in total. The summed E-state index contributed by atoms with van der Waals surface area (Å²) in [5.74, 6) is 2.03. The lowest BCUT2D eigenvalue weighted by Gasteiger charge is -2.34. The summed E-state index contributed by atoms with van der Waals surface area (Å²) in [5, 5.41) is 4.83. The van der Waals surface area contributed by atoms with Crippen molar-refractivity contribution < 1.29 is 4.79 Å². The second-order valence-corrected chi connectivity index (χ2v) is 10.1. The van der Waals surface area contributed by atoms with Gasteiger partial charge in [0.2, 0.25) is 5.95 Å². The lowest BCUT2D eigenvalue weighted by molar-refractivity contribution is 0.0746. The van der Waals surface area contributed by atoms with Crippen LogP contribution >= 0.6 is 0 Å². The minimum absolute atomic E-state index is 0.0817. The third-order valence-electron chi connectivity index (χ3n) is 7.66. The Morgan fingerprint density at radius 3 is 2.31 bits per heavy atom. The quantitative estimate of drug-likeness (QED) is 0.406. The van der Waals surface area contributed by atoms with Crippen molar-refractivity contribution >= 4 is 17.6 Å². The zero-order valence-corrected chi connectivity index (χ0v) is 20.8. The lowest BCUT2D eigenvalue weighted by atomic mass is 9.84. The Labute approximate surface area is 211 Å². The van der Waals surface area contributed by atoms with Gasteiger partial charge in [0.05, 0.1) is 5.69 Å². The molecule has 7 heteroatoms. The number of hydrogen-bond acceptors (Lipinski definition) is 5. The third-order valence-corrected chi connectivity index (χ3v) is 7.66. The number of piperazine rings is 1. The highest BCUT2D eigenvalue weighted by Crippen LogP contribution is 2.33. The molecular formula is C29H32N6O. The summed E-state index contributed by atoms with van der Waals surface area (Å²) in [5.41, 5.74) is 5.45. The zero-order chi connectivity index (χ0) is 24.5. The van der Waals surface area contributed by atoms with Crippen LogP contribution in [-0.2, 0) is 0 Å². The number of nitrogens with zero attached hydrogens (tertiary/aromatic N) is 6. The number of amides is 1. The Morgan fingerprint density at radius 2 is 1.58 bits per heavy atom. The number of aromatic nitrogens is 4. The molecule has 1 aliphatic carbocycles. The minimum Gasteiger partial charge on any atom is -0.336 e. The van der Waals surface area contributed by atoms with E-state index in [1.54, 1.807) is 6.20 Å². The van der Waals surface area contributed by atoms with E-state index in [4.69, 9.17) is 10.1 Å². The number of aryl methyl sites for hydroxylation is 1. The largest absolute Gasteiger partial charge is 0.336 e. The highest BCUT2D eigenvalue weighted by molar-refractivity contribution is 5.94. The maximum Gasteiger partial charge on any atom is 0.254 e. The summed E-state index contributed by atoms with van der Waals surface area (Å²) in [4.78, 5) is 26.1. The molecule has 2 fully saturated rings. The Hall–Kier alpha value is -3.74. The fourth-order valence-electron chi connectivity index (χ4n) is 5.49. The fourth-order valence-corrected chi connectivity index (χ4v) is 5.49. The van der Waals surface area contributed by atoms with Crippen LogP contribution in [0.2, 0.25) is 0 Å². The van der Waals surface area contributed by atoms with Crippen LogP contribution in [0.15, 0.2) is 60.8 Å². The molecule has 0 spiro atoms. The summed E-state index contributed by atoms with van der Waals surface area (Å²) in [6.07, 6.45) is 8.46. The van der Waals surface area contributed by atoms with Gasteiger partial charge < -0.3 is 9.80 Å². The number of carbonyl (C=O) groups is 1. The van der Waals surface area contributed by atoms with Gasteiger partial charge in [0.1, 0.15) is 0 Å². The summed E-state index contributed by atoms with van der Waals surface area (Å²) >= 11 is 0. The van der Waals surface area contributed by atoms with Gasteiger partial charge in [0, 0.05) is 43.5 Å². The summed E-state index contributed by atoms with van der Waals surface area (Å²) in [6.45, 7) is 4.71. The van der Waals surface area contributed by atoms with Crippen molar-refractivity contribution in [1.29, 1.82) is 0 Å². The number of carbonyl (C=O) groups excluding carboxylic acids is 1. The topological polar surface area (TPSA) is 66.6 Å². The molecule has 2 aromatic heterocycles. The van der Waals surface area contributed by atoms with Crippen molar-refractivity contribution in [3.05, 3.63) is 77.5 Å². The van der Waals surface area contributed by atoms with Crippen LogP contribution in [0.4, 0.5) is 5.95 Å². The van der Waals surface area contributed by atoms with Gasteiger partial charge in [0.25, 0.3) is 11.7 Å². The van der Waals surface area contributed by atoms with Crippen molar-refractivity contribution in [2.75, 3.05) is 31.1 Å². The molecule has 1 saturated carbocycles. The standard InChI is InChI=1S/C29H32N6O/c1-21-7-9-25(10-8-21)27(36)33-17-19-34(20-18-33)29-31-28-30-16-15-26(35(28)32-29)24-13-11-23(12-14-24)22-5-3-2-4-6-22/h7-16,22H,2-6,17-20H2,1H3. The first-order valence-electron chi connectivity index (χ1n) is 13.1. The monoisotopic (exact) mass is 480 g/mol. The van der Waals surface area contributed by atoms with Gasteiger partial charge in [-0.05, 0) is 49.4 Å². The summed E-state index contributed by atoms with van der Waals surface area (Å²) in [6, 6.07) is 18.7. The van der Waals surface area contributed by atoms with Crippen LogP contribution in [0.3, 0.4) is 0 Å². The SMILES string of the molecule is Cc1ccc(C(=O)N2CCN(c3nc4nccc(-c5ccc(C6CCCCC6)cc5)n4n3)CC2)cc1. The lowest BCUT2D eigenvalue weighted by Crippen LogP contribution is -2.49. The first-order chi connectivity index (χ1) is 17.7. The van der Waals surface area contributed by atoms with Gasteiger partial charge in [-0.3, -0.25) is 4.79 Å². The molecule has 1 aliphatic heterocycles. The van der Waals surface area contributed by atoms with Gasteiger partial charge in [-0.2, -0.15) is 9.50 Å². The van der Waals surface area contributed by atoms with E-state index in [0.717, 1.165) is 22.4 Å². The van der Waals surface area contributed by atoms with Crippen LogP contribution in [0.1, 0.15) is 59.5 Å². The van der Waals surface area contributed by atoms with Gasteiger partial charge in [0.15, 0.2) is 0 Å². The summed E-state index contributed by atoms with van der Waals surface area (Å²) in [7, 11) is 0. The molecular weight excluding hydrogens is 448 g/mol. The molecule has 6 rings (SSSR count). The normalized spacial score (nSPS) is 17.0. The molecule has 0 radical (unpaired) electrons. The Bertz CT molecular complexity index is 1350. The zero-order valence-electron chi connectivity index (χ0n) is 20.8. The van der Waals surface area contributed by atoms with Crippen molar-refractivity contribution in [2.45, 2.75) is 44.9 Å². The second kappa shape index (κ2) is 9.72. The highest BCUT2D eigenvalue weighted by Gasteiger charge is 2.25. The second-order valence-electron chi connectivity index (χ2n) is 10.1. The summed E-state index contributed by atoms with van der Waals surface area (Å²) < 4.78 is 1.84. The Morgan fingerprint density at radius 1 is 0.861 bits per heavy atom. The molecule has 0 unspecified atom stereocenters. The average Bonchev–Trinajstić information content (AvgIpc) is 3.38. The number of fused-ring (bicyclic) bond motifs is 1. The fraction of sp³-hybridized carbons (Fsp3) is 0.379. The van der Waals surface area contributed by atoms with Gasteiger partial charge in [-0.1, -0.05) is 61.2 Å². The average molecular weight is 481 g/mol.